The van der Waals surface area contributed by atoms with E-state index in [2.05, 4.69) is 5.32 Å². The molecule has 7 heteroatoms. The Balaban J connectivity index is 1.67. The maximum atomic E-state index is 13.3. The SMILES string of the molecule is CC(NC(=O)/C=C/c1cc(Cl)c2c(c1)OCCO2)c1ccc(F)c(F)c1. The van der Waals surface area contributed by atoms with E-state index in [1.807, 2.05) is 0 Å². The molecule has 2 aromatic carbocycles. The molecule has 1 N–H and O–H groups in total. The normalized spacial score (nSPS) is 14.3. The van der Waals surface area contributed by atoms with Gasteiger partial charge in [0.15, 0.2) is 23.1 Å². The lowest BCUT2D eigenvalue weighted by Gasteiger charge is -2.19. The van der Waals surface area contributed by atoms with E-state index in [1.54, 1.807) is 25.1 Å². The first kappa shape index (κ1) is 18.2. The standard InChI is InChI=1S/C19H16ClF2NO3/c1-11(13-3-4-15(21)16(22)10-13)23-18(24)5-2-12-8-14(20)19-17(9-12)25-6-7-26-19/h2-5,8-11H,6-7H2,1H3,(H,23,24)/b5-2+. The zero-order valence-corrected chi connectivity index (χ0v) is 14.6. The molecule has 0 aliphatic carbocycles. The molecule has 0 spiro atoms. The van der Waals surface area contributed by atoms with Gasteiger partial charge in [-0.15, -0.1) is 0 Å². The third-order valence-electron chi connectivity index (χ3n) is 3.85. The highest BCUT2D eigenvalue weighted by atomic mass is 35.5. The summed E-state index contributed by atoms with van der Waals surface area (Å²) in [5.41, 5.74) is 1.14. The van der Waals surface area contributed by atoms with Gasteiger partial charge in [0.05, 0.1) is 11.1 Å². The van der Waals surface area contributed by atoms with Crippen LogP contribution in [0.25, 0.3) is 6.08 Å². The molecule has 3 rings (SSSR count). The number of ether oxygens (including phenoxy) is 2. The van der Waals surface area contributed by atoms with Crippen LogP contribution in [-0.4, -0.2) is 19.1 Å². The van der Waals surface area contributed by atoms with Gasteiger partial charge in [0.2, 0.25) is 5.91 Å². The van der Waals surface area contributed by atoms with E-state index in [4.69, 9.17) is 21.1 Å². The van der Waals surface area contributed by atoms with Gasteiger partial charge >= 0.3 is 0 Å². The molecule has 0 aromatic heterocycles. The Bertz CT molecular complexity index is 870. The Morgan fingerprint density at radius 2 is 1.96 bits per heavy atom. The number of carbonyl (C=O) groups excluding carboxylic acids is 1. The highest BCUT2D eigenvalue weighted by Gasteiger charge is 2.16. The van der Waals surface area contributed by atoms with Crippen molar-refractivity contribution >= 4 is 23.6 Å². The second-order valence-electron chi connectivity index (χ2n) is 5.76. The van der Waals surface area contributed by atoms with Crippen LogP contribution in [0, 0.1) is 11.6 Å². The van der Waals surface area contributed by atoms with Gasteiger partial charge in [-0.25, -0.2) is 8.78 Å². The molecule has 1 heterocycles. The van der Waals surface area contributed by atoms with Crippen LogP contribution in [0.5, 0.6) is 11.5 Å². The number of halogens is 3. The topological polar surface area (TPSA) is 47.6 Å². The molecule has 136 valence electrons. The van der Waals surface area contributed by atoms with Gasteiger partial charge in [-0.05, 0) is 48.4 Å². The summed E-state index contributed by atoms with van der Waals surface area (Å²) in [4.78, 5) is 12.1. The molecule has 1 unspecified atom stereocenters. The van der Waals surface area contributed by atoms with E-state index in [0.717, 1.165) is 12.1 Å². The fourth-order valence-electron chi connectivity index (χ4n) is 2.53. The minimum atomic E-state index is -0.954. The summed E-state index contributed by atoms with van der Waals surface area (Å²) in [5.74, 6) is -1.24. The van der Waals surface area contributed by atoms with Crippen molar-refractivity contribution in [3.05, 3.63) is 64.2 Å². The Kier molecular flexibility index (Phi) is 5.42. The molecule has 2 aromatic rings. The van der Waals surface area contributed by atoms with E-state index < -0.39 is 17.7 Å². The lowest BCUT2D eigenvalue weighted by atomic mass is 10.1. The molecule has 1 aliphatic heterocycles. The molecule has 0 saturated carbocycles. The van der Waals surface area contributed by atoms with Gasteiger partial charge < -0.3 is 14.8 Å². The summed E-state index contributed by atoms with van der Waals surface area (Å²) in [6, 6.07) is 6.42. The van der Waals surface area contributed by atoms with Crippen LogP contribution >= 0.6 is 11.6 Å². The highest BCUT2D eigenvalue weighted by molar-refractivity contribution is 6.32. The van der Waals surface area contributed by atoms with Crippen molar-refractivity contribution in [1.82, 2.24) is 5.32 Å². The Morgan fingerprint density at radius 1 is 1.19 bits per heavy atom. The van der Waals surface area contributed by atoms with E-state index in [9.17, 15) is 13.6 Å². The van der Waals surface area contributed by atoms with Crippen LogP contribution in [0.4, 0.5) is 8.78 Å². The fourth-order valence-corrected chi connectivity index (χ4v) is 2.80. The first-order valence-electron chi connectivity index (χ1n) is 7.96. The zero-order valence-electron chi connectivity index (χ0n) is 13.9. The Morgan fingerprint density at radius 3 is 2.73 bits per heavy atom. The Labute approximate surface area is 154 Å². The second kappa shape index (κ2) is 7.74. The minimum absolute atomic E-state index is 0.381. The van der Waals surface area contributed by atoms with Crippen LogP contribution in [0.15, 0.2) is 36.4 Å². The zero-order chi connectivity index (χ0) is 18.7. The summed E-state index contributed by atoms with van der Waals surface area (Å²) in [6.07, 6.45) is 2.91. The van der Waals surface area contributed by atoms with Crippen molar-refractivity contribution in [2.75, 3.05) is 13.2 Å². The number of benzene rings is 2. The number of amides is 1. The molecule has 0 bridgehead atoms. The summed E-state index contributed by atoms with van der Waals surface area (Å²) in [6.45, 7) is 2.55. The molecule has 4 nitrogen and oxygen atoms in total. The molecule has 1 atom stereocenters. The van der Waals surface area contributed by atoms with E-state index in [1.165, 1.54) is 12.1 Å². The first-order chi connectivity index (χ1) is 12.4. The summed E-state index contributed by atoms with van der Waals surface area (Å²) >= 11 is 6.15. The van der Waals surface area contributed by atoms with Gasteiger partial charge in [-0.3, -0.25) is 4.79 Å². The molecule has 26 heavy (non-hydrogen) atoms. The monoisotopic (exact) mass is 379 g/mol. The second-order valence-corrected chi connectivity index (χ2v) is 6.17. The van der Waals surface area contributed by atoms with Crippen molar-refractivity contribution in [3.63, 3.8) is 0 Å². The van der Waals surface area contributed by atoms with Crippen LogP contribution < -0.4 is 14.8 Å². The maximum Gasteiger partial charge on any atom is 0.244 e. The van der Waals surface area contributed by atoms with Crippen LogP contribution in [0.2, 0.25) is 5.02 Å². The summed E-state index contributed by atoms with van der Waals surface area (Å²) in [7, 11) is 0. The molecule has 0 radical (unpaired) electrons. The lowest BCUT2D eigenvalue weighted by Crippen LogP contribution is -2.24. The molecule has 0 saturated heterocycles. The average Bonchev–Trinajstić information content (AvgIpc) is 2.62. The predicted molar refractivity (Wildman–Crippen MR) is 94.4 cm³/mol. The average molecular weight is 380 g/mol. The van der Waals surface area contributed by atoms with Gasteiger partial charge in [0, 0.05) is 6.08 Å². The predicted octanol–water partition coefficient (Wildman–Crippen LogP) is 4.28. The molecular formula is C19H16ClF2NO3. The van der Waals surface area contributed by atoms with Crippen LogP contribution in [0.1, 0.15) is 24.1 Å². The number of rotatable bonds is 4. The van der Waals surface area contributed by atoms with E-state index >= 15 is 0 Å². The summed E-state index contributed by atoms with van der Waals surface area (Å²) in [5, 5.41) is 3.09. The van der Waals surface area contributed by atoms with Crippen LogP contribution in [0.3, 0.4) is 0 Å². The number of nitrogens with one attached hydrogen (secondary N) is 1. The third kappa shape index (κ3) is 4.14. The van der Waals surface area contributed by atoms with E-state index in [-0.39, 0.29) is 5.91 Å². The van der Waals surface area contributed by atoms with Crippen molar-refractivity contribution < 1.29 is 23.0 Å². The van der Waals surface area contributed by atoms with Crippen molar-refractivity contribution in [1.29, 1.82) is 0 Å². The van der Waals surface area contributed by atoms with Crippen molar-refractivity contribution in [2.45, 2.75) is 13.0 Å². The third-order valence-corrected chi connectivity index (χ3v) is 4.13. The highest BCUT2D eigenvalue weighted by Crippen LogP contribution is 2.38. The van der Waals surface area contributed by atoms with Gasteiger partial charge in [0.1, 0.15) is 13.2 Å². The first-order valence-corrected chi connectivity index (χ1v) is 8.34. The minimum Gasteiger partial charge on any atom is -0.486 e. The number of hydrogen-bond acceptors (Lipinski definition) is 3. The van der Waals surface area contributed by atoms with E-state index in [0.29, 0.717) is 40.9 Å². The van der Waals surface area contributed by atoms with Crippen molar-refractivity contribution in [3.8, 4) is 11.5 Å². The molecule has 1 amide bonds. The van der Waals surface area contributed by atoms with Crippen molar-refractivity contribution in [2.24, 2.45) is 0 Å². The molecular weight excluding hydrogens is 364 g/mol. The summed E-state index contributed by atoms with van der Waals surface area (Å²) < 4.78 is 37.2. The smallest absolute Gasteiger partial charge is 0.244 e. The molecule has 1 aliphatic rings. The number of fused-ring (bicyclic) bond motifs is 1. The van der Waals surface area contributed by atoms with Gasteiger partial charge in [-0.1, -0.05) is 17.7 Å². The largest absolute Gasteiger partial charge is 0.486 e. The Hall–Kier alpha value is -2.60. The van der Waals surface area contributed by atoms with Gasteiger partial charge in [0.25, 0.3) is 0 Å². The number of carbonyl (C=O) groups is 1. The fraction of sp³-hybridized carbons (Fsp3) is 0.211. The lowest BCUT2D eigenvalue weighted by molar-refractivity contribution is -0.117. The quantitative estimate of drug-likeness (QED) is 0.806. The molecule has 0 fully saturated rings. The van der Waals surface area contributed by atoms with Gasteiger partial charge in [-0.2, -0.15) is 0 Å². The maximum absolute atomic E-state index is 13.3. The number of hydrogen-bond donors (Lipinski definition) is 1. The van der Waals surface area contributed by atoms with Crippen LogP contribution in [-0.2, 0) is 4.79 Å².